The van der Waals surface area contributed by atoms with Crippen LogP contribution in [0.5, 0.6) is 0 Å². The van der Waals surface area contributed by atoms with Crippen molar-refractivity contribution in [2.24, 2.45) is 11.3 Å². The largest absolute Gasteiger partial charge is 0.467 e. The summed E-state index contributed by atoms with van der Waals surface area (Å²) in [6, 6.07) is 8.36. The molecule has 1 unspecified atom stereocenters. The minimum Gasteiger partial charge on any atom is -0.467 e. The van der Waals surface area contributed by atoms with E-state index in [9.17, 15) is 9.59 Å². The first-order valence-corrected chi connectivity index (χ1v) is 9.50. The molecule has 26 heavy (non-hydrogen) atoms. The minimum absolute atomic E-state index is 0.154. The Labute approximate surface area is 152 Å². The van der Waals surface area contributed by atoms with E-state index in [0.29, 0.717) is 18.6 Å². The number of carbonyl (C=O) groups is 2. The van der Waals surface area contributed by atoms with Crippen LogP contribution in [0.25, 0.3) is 0 Å². The maximum absolute atomic E-state index is 13.4. The van der Waals surface area contributed by atoms with E-state index in [0.717, 1.165) is 30.8 Å². The van der Waals surface area contributed by atoms with Gasteiger partial charge in [0.1, 0.15) is 11.3 Å². The second kappa shape index (κ2) is 4.39. The molecule has 0 aromatic heterocycles. The monoisotopic (exact) mass is 350 g/mol. The number of benzene rings is 1. The number of methoxy groups -OCH3 is 1. The van der Waals surface area contributed by atoms with Crippen molar-refractivity contribution in [1.82, 2.24) is 4.90 Å². The second-order valence-corrected chi connectivity index (χ2v) is 8.62. The Kier molecular flexibility index (Phi) is 2.53. The number of nitrogens with one attached hydrogen (secondary N) is 1. The number of carbonyl (C=O) groups excluding carboxylic acids is 2. The summed E-state index contributed by atoms with van der Waals surface area (Å²) >= 11 is 0. The Balaban J connectivity index is 1.73. The number of Topliss-reactive ketones (excluding diaryl/α,β-unsaturated/α-hetero) is 1. The van der Waals surface area contributed by atoms with Gasteiger partial charge in [0, 0.05) is 42.6 Å². The van der Waals surface area contributed by atoms with Crippen LogP contribution in [0.4, 0.5) is 5.69 Å². The Morgan fingerprint density at radius 2 is 2.15 bits per heavy atom. The van der Waals surface area contributed by atoms with Gasteiger partial charge in [-0.15, -0.1) is 0 Å². The van der Waals surface area contributed by atoms with Gasteiger partial charge in [-0.1, -0.05) is 30.4 Å². The SMILES string of the molecule is COC(=O)[C@]12CC[C@]34C=CCN5CC(C(=O)C3)[C@@]1(c1ccccc1N2)[C@@H]54. The van der Waals surface area contributed by atoms with Gasteiger partial charge in [-0.2, -0.15) is 0 Å². The van der Waals surface area contributed by atoms with Crippen molar-refractivity contribution >= 4 is 17.4 Å². The zero-order chi connectivity index (χ0) is 17.7. The lowest BCUT2D eigenvalue weighted by atomic mass is 9.42. The van der Waals surface area contributed by atoms with Crippen LogP contribution >= 0.6 is 0 Å². The summed E-state index contributed by atoms with van der Waals surface area (Å²) in [5, 5.41) is 3.58. The third-order valence-corrected chi connectivity index (χ3v) is 7.92. The van der Waals surface area contributed by atoms with Crippen LogP contribution in [-0.4, -0.2) is 48.4 Å². The van der Waals surface area contributed by atoms with Crippen molar-refractivity contribution in [3.05, 3.63) is 42.0 Å². The number of para-hydroxylation sites is 1. The van der Waals surface area contributed by atoms with Gasteiger partial charge in [0.25, 0.3) is 0 Å². The Bertz CT molecular complexity index is 895. The van der Waals surface area contributed by atoms with E-state index in [1.54, 1.807) is 0 Å². The number of anilines is 1. The van der Waals surface area contributed by atoms with Crippen LogP contribution in [0.3, 0.4) is 0 Å². The number of rotatable bonds is 1. The number of hydrogen-bond acceptors (Lipinski definition) is 5. The first-order valence-electron chi connectivity index (χ1n) is 9.50. The standard InChI is InChI=1S/C21H22N2O3/c1-26-18(25)20-9-8-19-7-4-10-23-12-14(16(24)11-19)21(20,17(19)23)13-5-2-3-6-15(13)22-20/h2-7,14,17,22H,8-12H2,1H3/t14?,17-,19+,20+,21-/m0/s1. The zero-order valence-electron chi connectivity index (χ0n) is 14.8. The van der Waals surface area contributed by atoms with Gasteiger partial charge in [-0.3, -0.25) is 9.69 Å². The third kappa shape index (κ3) is 1.29. The first-order chi connectivity index (χ1) is 12.6. The van der Waals surface area contributed by atoms with Gasteiger partial charge < -0.3 is 10.1 Å². The quantitative estimate of drug-likeness (QED) is 0.619. The molecule has 0 radical (unpaired) electrons. The summed E-state index contributed by atoms with van der Waals surface area (Å²) in [6.45, 7) is 1.60. The molecule has 5 atom stereocenters. The molecule has 134 valence electrons. The van der Waals surface area contributed by atoms with Crippen LogP contribution in [-0.2, 0) is 19.7 Å². The Morgan fingerprint density at radius 1 is 1.31 bits per heavy atom. The predicted molar refractivity (Wildman–Crippen MR) is 95.8 cm³/mol. The average Bonchev–Trinajstić information content (AvgIpc) is 3.14. The number of nitrogens with zero attached hydrogens (tertiary/aromatic N) is 1. The molecule has 1 aromatic rings. The van der Waals surface area contributed by atoms with Gasteiger partial charge >= 0.3 is 5.97 Å². The van der Waals surface area contributed by atoms with Crippen molar-refractivity contribution in [1.29, 1.82) is 0 Å². The van der Waals surface area contributed by atoms with E-state index in [2.05, 4.69) is 28.4 Å². The average molecular weight is 350 g/mol. The van der Waals surface area contributed by atoms with Gasteiger partial charge in [0.15, 0.2) is 0 Å². The molecule has 5 aliphatic rings. The number of ketones is 1. The molecule has 0 amide bonds. The highest BCUT2D eigenvalue weighted by atomic mass is 16.5. The van der Waals surface area contributed by atoms with Gasteiger partial charge in [-0.25, -0.2) is 4.79 Å². The molecule has 1 aromatic carbocycles. The summed E-state index contributed by atoms with van der Waals surface area (Å²) in [5.41, 5.74) is 0.592. The van der Waals surface area contributed by atoms with Crippen molar-refractivity contribution in [2.45, 2.75) is 36.3 Å². The molecule has 2 aliphatic carbocycles. The molecular weight excluding hydrogens is 328 g/mol. The lowest BCUT2D eigenvalue weighted by Crippen LogP contribution is -2.75. The van der Waals surface area contributed by atoms with Crippen LogP contribution in [0.15, 0.2) is 36.4 Å². The predicted octanol–water partition coefficient (Wildman–Crippen LogP) is 1.88. The molecule has 2 saturated carbocycles. The second-order valence-electron chi connectivity index (χ2n) is 8.62. The van der Waals surface area contributed by atoms with Crippen LogP contribution in [0, 0.1) is 11.3 Å². The van der Waals surface area contributed by atoms with Crippen molar-refractivity contribution in [3.63, 3.8) is 0 Å². The van der Waals surface area contributed by atoms with Crippen LogP contribution in [0.1, 0.15) is 24.8 Å². The number of fused-ring (bicyclic) bond motifs is 1. The molecule has 1 N–H and O–H groups in total. The highest BCUT2D eigenvalue weighted by Crippen LogP contribution is 2.71. The van der Waals surface area contributed by atoms with Gasteiger partial charge in [0.05, 0.1) is 12.5 Å². The van der Waals surface area contributed by atoms with Crippen molar-refractivity contribution in [3.8, 4) is 0 Å². The fraction of sp³-hybridized carbons (Fsp3) is 0.524. The van der Waals surface area contributed by atoms with E-state index < -0.39 is 11.0 Å². The molecule has 1 spiro atoms. The van der Waals surface area contributed by atoms with Gasteiger partial charge in [0.2, 0.25) is 0 Å². The van der Waals surface area contributed by atoms with Crippen molar-refractivity contribution < 1.29 is 14.3 Å². The first kappa shape index (κ1) is 15.0. The highest BCUT2D eigenvalue weighted by molar-refractivity contribution is 5.98. The zero-order valence-corrected chi connectivity index (χ0v) is 14.8. The summed E-state index contributed by atoms with van der Waals surface area (Å²) in [7, 11) is 1.47. The normalized spacial score (nSPS) is 44.3. The Hall–Kier alpha value is -2.14. The molecular formula is C21H22N2O3. The summed E-state index contributed by atoms with van der Waals surface area (Å²) in [4.78, 5) is 29.1. The highest BCUT2D eigenvalue weighted by Gasteiger charge is 2.81. The van der Waals surface area contributed by atoms with E-state index in [1.807, 2.05) is 18.2 Å². The van der Waals surface area contributed by atoms with E-state index in [4.69, 9.17) is 4.74 Å². The number of hydrogen-bond donors (Lipinski definition) is 1. The maximum Gasteiger partial charge on any atom is 0.332 e. The minimum atomic E-state index is -0.847. The lowest BCUT2D eigenvalue weighted by Gasteiger charge is -2.62. The van der Waals surface area contributed by atoms with Gasteiger partial charge in [-0.05, 0) is 24.5 Å². The molecule has 1 saturated heterocycles. The van der Waals surface area contributed by atoms with Crippen LogP contribution in [0.2, 0.25) is 0 Å². The van der Waals surface area contributed by atoms with Crippen LogP contribution < -0.4 is 5.32 Å². The molecule has 6 rings (SSSR count). The molecule has 3 aliphatic heterocycles. The third-order valence-electron chi connectivity index (χ3n) is 7.92. The molecule has 5 nitrogen and oxygen atoms in total. The summed E-state index contributed by atoms with van der Waals surface area (Å²) in [5.74, 6) is -0.0729. The molecule has 5 heteroatoms. The summed E-state index contributed by atoms with van der Waals surface area (Å²) in [6.07, 6.45) is 6.66. The lowest BCUT2D eigenvalue weighted by molar-refractivity contribution is -0.159. The number of esters is 1. The molecule has 3 fully saturated rings. The maximum atomic E-state index is 13.4. The topological polar surface area (TPSA) is 58.6 Å². The fourth-order valence-corrected chi connectivity index (χ4v) is 7.31. The van der Waals surface area contributed by atoms with Crippen molar-refractivity contribution in [2.75, 3.05) is 25.5 Å². The van der Waals surface area contributed by atoms with E-state index in [-0.39, 0.29) is 23.3 Å². The fourth-order valence-electron chi connectivity index (χ4n) is 7.31. The summed E-state index contributed by atoms with van der Waals surface area (Å²) < 4.78 is 5.34. The smallest absolute Gasteiger partial charge is 0.332 e. The molecule has 3 heterocycles. The van der Waals surface area contributed by atoms with E-state index >= 15 is 0 Å². The number of ether oxygens (including phenoxy) is 1. The van der Waals surface area contributed by atoms with E-state index in [1.165, 1.54) is 7.11 Å². The Morgan fingerprint density at radius 3 is 3.00 bits per heavy atom. The molecule has 4 bridgehead atoms.